The summed E-state index contributed by atoms with van der Waals surface area (Å²) in [5.41, 5.74) is -1.34. The number of carbonyl (C=O) groups excluding carboxylic acids is 2. The van der Waals surface area contributed by atoms with E-state index in [0.29, 0.717) is 17.4 Å². The van der Waals surface area contributed by atoms with E-state index < -0.39 is 17.4 Å². The summed E-state index contributed by atoms with van der Waals surface area (Å²) < 4.78 is 10.4. The van der Waals surface area contributed by atoms with Crippen molar-refractivity contribution in [1.29, 1.82) is 0 Å². The zero-order valence-electron chi connectivity index (χ0n) is 13.4. The first-order valence-electron chi connectivity index (χ1n) is 7.53. The standard InChI is InChI=1S/C17H23ClO4/c1-4-5-6-7-12-21-15(19)17(2,3)16(20)22-14-10-8-13(18)9-11-14/h8-11H,4-7,12H2,1-3H3. The van der Waals surface area contributed by atoms with Crippen LogP contribution < -0.4 is 4.74 Å². The average molecular weight is 327 g/mol. The van der Waals surface area contributed by atoms with Crippen molar-refractivity contribution in [3.05, 3.63) is 29.3 Å². The van der Waals surface area contributed by atoms with E-state index in [4.69, 9.17) is 21.1 Å². The Hall–Kier alpha value is -1.55. The van der Waals surface area contributed by atoms with Crippen LogP contribution in [-0.2, 0) is 14.3 Å². The van der Waals surface area contributed by atoms with Crippen molar-refractivity contribution in [2.45, 2.75) is 46.5 Å². The molecule has 122 valence electrons. The quantitative estimate of drug-likeness (QED) is 0.307. The van der Waals surface area contributed by atoms with E-state index in [1.807, 2.05) is 0 Å². The molecule has 0 radical (unpaired) electrons. The molecule has 0 N–H and O–H groups in total. The maximum atomic E-state index is 12.1. The van der Waals surface area contributed by atoms with Crippen LogP contribution in [0.5, 0.6) is 5.75 Å². The molecule has 1 rings (SSSR count). The summed E-state index contributed by atoms with van der Waals surface area (Å²) in [4.78, 5) is 24.2. The molecule has 5 heteroatoms. The highest BCUT2D eigenvalue weighted by Crippen LogP contribution is 2.23. The highest BCUT2D eigenvalue weighted by atomic mass is 35.5. The molecule has 0 bridgehead atoms. The molecule has 0 amide bonds. The fourth-order valence-electron chi connectivity index (χ4n) is 1.69. The number of benzene rings is 1. The van der Waals surface area contributed by atoms with E-state index in [1.165, 1.54) is 13.8 Å². The zero-order chi connectivity index (χ0) is 16.6. The number of hydrogen-bond acceptors (Lipinski definition) is 4. The molecule has 0 fully saturated rings. The summed E-state index contributed by atoms with van der Waals surface area (Å²) in [7, 11) is 0. The molecule has 0 aromatic heterocycles. The van der Waals surface area contributed by atoms with E-state index in [2.05, 4.69) is 6.92 Å². The number of ether oxygens (including phenoxy) is 2. The lowest BCUT2D eigenvalue weighted by Crippen LogP contribution is -2.38. The van der Waals surface area contributed by atoms with Gasteiger partial charge in [-0.15, -0.1) is 0 Å². The Morgan fingerprint density at radius 1 is 1.05 bits per heavy atom. The van der Waals surface area contributed by atoms with Crippen LogP contribution in [0, 0.1) is 5.41 Å². The topological polar surface area (TPSA) is 52.6 Å². The van der Waals surface area contributed by atoms with Gasteiger partial charge >= 0.3 is 11.9 Å². The van der Waals surface area contributed by atoms with Gasteiger partial charge in [-0.1, -0.05) is 37.8 Å². The van der Waals surface area contributed by atoms with Crippen molar-refractivity contribution in [3.63, 3.8) is 0 Å². The number of halogens is 1. The van der Waals surface area contributed by atoms with E-state index in [1.54, 1.807) is 24.3 Å². The fraction of sp³-hybridized carbons (Fsp3) is 0.529. The molecule has 0 saturated carbocycles. The van der Waals surface area contributed by atoms with Crippen molar-refractivity contribution in [2.24, 2.45) is 5.41 Å². The van der Waals surface area contributed by atoms with Crippen LogP contribution >= 0.6 is 11.6 Å². The minimum Gasteiger partial charge on any atom is -0.465 e. The molecular formula is C17H23ClO4. The van der Waals surface area contributed by atoms with Crippen molar-refractivity contribution in [1.82, 2.24) is 0 Å². The van der Waals surface area contributed by atoms with Crippen LogP contribution in [0.2, 0.25) is 5.02 Å². The second-order valence-corrected chi connectivity index (χ2v) is 6.10. The van der Waals surface area contributed by atoms with Crippen molar-refractivity contribution < 1.29 is 19.1 Å². The van der Waals surface area contributed by atoms with Gasteiger partial charge in [-0.25, -0.2) is 0 Å². The van der Waals surface area contributed by atoms with Gasteiger partial charge in [0.1, 0.15) is 5.75 Å². The first-order chi connectivity index (χ1) is 10.4. The minimum atomic E-state index is -1.34. The first-order valence-corrected chi connectivity index (χ1v) is 7.90. The smallest absolute Gasteiger partial charge is 0.328 e. The number of rotatable bonds is 8. The molecule has 0 spiro atoms. The van der Waals surface area contributed by atoms with Crippen LogP contribution in [0.3, 0.4) is 0 Å². The highest BCUT2D eigenvalue weighted by molar-refractivity contribution is 6.30. The van der Waals surface area contributed by atoms with Crippen LogP contribution in [0.25, 0.3) is 0 Å². The lowest BCUT2D eigenvalue weighted by atomic mass is 9.94. The maximum Gasteiger partial charge on any atom is 0.328 e. The Labute approximate surface area is 136 Å². The monoisotopic (exact) mass is 326 g/mol. The van der Waals surface area contributed by atoms with Crippen LogP contribution in [0.15, 0.2) is 24.3 Å². The lowest BCUT2D eigenvalue weighted by molar-refractivity contribution is -0.164. The largest absolute Gasteiger partial charge is 0.465 e. The summed E-state index contributed by atoms with van der Waals surface area (Å²) in [6.07, 6.45) is 4.05. The Kier molecular flexibility index (Phi) is 7.39. The van der Waals surface area contributed by atoms with E-state index in [-0.39, 0.29) is 0 Å². The normalized spacial score (nSPS) is 11.1. The molecule has 0 atom stereocenters. The predicted molar refractivity (Wildman–Crippen MR) is 86.0 cm³/mol. The number of carbonyl (C=O) groups is 2. The molecular weight excluding hydrogens is 304 g/mol. The molecule has 0 saturated heterocycles. The summed E-state index contributed by atoms with van der Waals surface area (Å²) in [5, 5.41) is 0.547. The molecule has 0 aliphatic heterocycles. The molecule has 1 aromatic carbocycles. The van der Waals surface area contributed by atoms with Crippen LogP contribution in [0.1, 0.15) is 46.5 Å². The maximum absolute atomic E-state index is 12.1. The van der Waals surface area contributed by atoms with E-state index in [0.717, 1.165) is 25.7 Å². The van der Waals surface area contributed by atoms with E-state index >= 15 is 0 Å². The highest BCUT2D eigenvalue weighted by Gasteiger charge is 2.39. The zero-order valence-corrected chi connectivity index (χ0v) is 14.1. The van der Waals surface area contributed by atoms with Gasteiger partial charge in [0, 0.05) is 5.02 Å². The number of hydrogen-bond donors (Lipinski definition) is 0. The van der Waals surface area contributed by atoms with Crippen molar-refractivity contribution in [3.8, 4) is 5.75 Å². The second kappa shape index (κ2) is 8.79. The van der Waals surface area contributed by atoms with E-state index in [9.17, 15) is 9.59 Å². The summed E-state index contributed by atoms with van der Waals surface area (Å²) in [5.74, 6) is -0.866. The summed E-state index contributed by atoms with van der Waals surface area (Å²) >= 11 is 5.77. The molecule has 22 heavy (non-hydrogen) atoms. The van der Waals surface area contributed by atoms with Gasteiger partial charge < -0.3 is 9.47 Å². The summed E-state index contributed by atoms with van der Waals surface area (Å²) in [6.45, 7) is 5.44. The fourth-order valence-corrected chi connectivity index (χ4v) is 1.82. The first kappa shape index (κ1) is 18.5. The minimum absolute atomic E-state index is 0.330. The van der Waals surface area contributed by atoms with Crippen LogP contribution in [-0.4, -0.2) is 18.5 Å². The predicted octanol–water partition coefficient (Wildman–Crippen LogP) is 4.40. The molecule has 0 heterocycles. The van der Waals surface area contributed by atoms with Gasteiger partial charge in [0.15, 0.2) is 5.41 Å². The second-order valence-electron chi connectivity index (χ2n) is 5.67. The Bertz CT molecular complexity index is 494. The van der Waals surface area contributed by atoms with Gasteiger partial charge in [0.05, 0.1) is 6.61 Å². The third-order valence-electron chi connectivity index (χ3n) is 3.28. The third kappa shape index (κ3) is 5.68. The summed E-state index contributed by atoms with van der Waals surface area (Å²) in [6, 6.07) is 6.38. The van der Waals surface area contributed by atoms with Gasteiger partial charge in [-0.05, 0) is 44.5 Å². The number of unbranched alkanes of at least 4 members (excludes halogenated alkanes) is 3. The van der Waals surface area contributed by atoms with Gasteiger partial charge in [0.25, 0.3) is 0 Å². The lowest BCUT2D eigenvalue weighted by Gasteiger charge is -2.20. The van der Waals surface area contributed by atoms with Gasteiger partial charge in [0.2, 0.25) is 0 Å². The molecule has 0 aliphatic carbocycles. The third-order valence-corrected chi connectivity index (χ3v) is 3.53. The Morgan fingerprint density at radius 3 is 2.27 bits per heavy atom. The molecule has 0 aliphatic rings. The molecule has 0 unspecified atom stereocenters. The van der Waals surface area contributed by atoms with Crippen molar-refractivity contribution >= 4 is 23.5 Å². The SMILES string of the molecule is CCCCCCOC(=O)C(C)(C)C(=O)Oc1ccc(Cl)cc1. The van der Waals surface area contributed by atoms with Gasteiger partial charge in [-0.2, -0.15) is 0 Å². The number of esters is 2. The Balaban J connectivity index is 2.50. The molecule has 4 nitrogen and oxygen atoms in total. The molecule has 1 aromatic rings. The Morgan fingerprint density at radius 2 is 1.68 bits per heavy atom. The van der Waals surface area contributed by atoms with Gasteiger partial charge in [-0.3, -0.25) is 9.59 Å². The van der Waals surface area contributed by atoms with Crippen molar-refractivity contribution in [2.75, 3.05) is 6.61 Å². The van der Waals surface area contributed by atoms with Crippen LogP contribution in [0.4, 0.5) is 0 Å². The average Bonchev–Trinajstić information content (AvgIpc) is 2.49.